The van der Waals surface area contributed by atoms with Gasteiger partial charge in [0.2, 0.25) is 0 Å². The number of halogens is 2. The molecule has 2 saturated heterocycles. The molecule has 0 radical (unpaired) electrons. The summed E-state index contributed by atoms with van der Waals surface area (Å²) in [5.41, 5.74) is 0. The summed E-state index contributed by atoms with van der Waals surface area (Å²) in [5.74, 6) is 0. The van der Waals surface area contributed by atoms with Gasteiger partial charge in [0.05, 0.1) is 25.3 Å². The van der Waals surface area contributed by atoms with Gasteiger partial charge in [-0.15, -0.1) is 0 Å². The van der Waals surface area contributed by atoms with E-state index in [0.29, 0.717) is 32.6 Å². The van der Waals surface area contributed by atoms with Gasteiger partial charge in [0.15, 0.2) is 0 Å². The molecule has 104 valence electrons. The van der Waals surface area contributed by atoms with E-state index in [2.05, 4.69) is 5.32 Å². The van der Waals surface area contributed by atoms with E-state index in [9.17, 15) is 13.6 Å². The van der Waals surface area contributed by atoms with Crippen molar-refractivity contribution in [3.63, 3.8) is 0 Å². The summed E-state index contributed by atoms with van der Waals surface area (Å²) in [6, 6.07) is -1.68. The molecule has 2 rings (SSSR count). The Morgan fingerprint density at radius 2 is 2.28 bits per heavy atom. The fourth-order valence-corrected chi connectivity index (χ4v) is 2.45. The lowest BCUT2D eigenvalue weighted by Gasteiger charge is -2.27. The van der Waals surface area contributed by atoms with Crippen molar-refractivity contribution in [2.75, 3.05) is 26.9 Å². The fourth-order valence-electron chi connectivity index (χ4n) is 2.45. The van der Waals surface area contributed by atoms with Gasteiger partial charge in [0.1, 0.15) is 6.10 Å². The average molecular weight is 264 g/mol. The van der Waals surface area contributed by atoms with Crippen LogP contribution in [0.5, 0.6) is 0 Å². The quantitative estimate of drug-likeness (QED) is 0.821. The highest BCUT2D eigenvalue weighted by Crippen LogP contribution is 2.23. The van der Waals surface area contributed by atoms with Gasteiger partial charge in [-0.1, -0.05) is 0 Å². The van der Waals surface area contributed by atoms with Crippen LogP contribution in [-0.4, -0.2) is 62.4 Å². The number of methoxy groups -OCH3 is 1. The van der Waals surface area contributed by atoms with E-state index in [1.54, 1.807) is 0 Å². The summed E-state index contributed by atoms with van der Waals surface area (Å²) in [4.78, 5) is 13.2. The minimum atomic E-state index is -2.49. The van der Waals surface area contributed by atoms with Gasteiger partial charge >= 0.3 is 6.03 Å². The Kier molecular flexibility index (Phi) is 4.34. The van der Waals surface area contributed by atoms with Gasteiger partial charge in [0, 0.05) is 13.7 Å². The molecule has 3 atom stereocenters. The summed E-state index contributed by atoms with van der Waals surface area (Å²) < 4.78 is 35.8. The van der Waals surface area contributed by atoms with Crippen LogP contribution in [0, 0.1) is 0 Å². The number of urea groups is 1. The van der Waals surface area contributed by atoms with Crippen molar-refractivity contribution in [1.29, 1.82) is 0 Å². The number of ether oxygens (including phenoxy) is 2. The smallest absolute Gasteiger partial charge is 0.318 e. The number of carbonyl (C=O) groups excluding carboxylic acids is 1. The Hall–Kier alpha value is -0.950. The number of hydrogen-bond acceptors (Lipinski definition) is 3. The molecule has 0 bridgehead atoms. The van der Waals surface area contributed by atoms with Crippen molar-refractivity contribution in [2.45, 2.75) is 37.5 Å². The molecule has 0 unspecified atom stereocenters. The Bertz CT molecular complexity index is 304. The molecule has 2 heterocycles. The predicted molar refractivity (Wildman–Crippen MR) is 59.7 cm³/mol. The van der Waals surface area contributed by atoms with Gasteiger partial charge in [0.25, 0.3) is 6.43 Å². The molecule has 0 aliphatic carbocycles. The number of nitrogens with one attached hydrogen (secondary N) is 1. The largest absolute Gasteiger partial charge is 0.377 e. The molecule has 0 aromatic rings. The molecule has 1 N–H and O–H groups in total. The Balaban J connectivity index is 1.91. The maximum Gasteiger partial charge on any atom is 0.318 e. The van der Waals surface area contributed by atoms with Gasteiger partial charge in [-0.2, -0.15) is 0 Å². The minimum Gasteiger partial charge on any atom is -0.377 e. The number of likely N-dealkylation sites (tertiary alicyclic amines) is 1. The van der Waals surface area contributed by atoms with Crippen LogP contribution in [0.25, 0.3) is 0 Å². The summed E-state index contributed by atoms with van der Waals surface area (Å²) in [6.07, 6.45) is -1.71. The fraction of sp³-hybridized carbons (Fsp3) is 0.909. The lowest BCUT2D eigenvalue weighted by molar-refractivity contribution is 0.0553. The van der Waals surface area contributed by atoms with E-state index in [1.807, 2.05) is 0 Å². The van der Waals surface area contributed by atoms with Crippen molar-refractivity contribution in [3.05, 3.63) is 0 Å². The van der Waals surface area contributed by atoms with E-state index in [1.165, 1.54) is 12.0 Å². The van der Waals surface area contributed by atoms with Crippen molar-refractivity contribution in [1.82, 2.24) is 10.2 Å². The standard InChI is InChI=1S/C11H18F2N2O3/c1-17-9-6-18-5-7(9)14-11(16)15-4-2-3-8(15)10(12)13/h7-10H,2-6H2,1H3,(H,14,16)/t7-,8-,9+/m0/s1. The second kappa shape index (κ2) is 5.79. The summed E-state index contributed by atoms with van der Waals surface area (Å²) in [7, 11) is 1.54. The highest BCUT2D eigenvalue weighted by Gasteiger charge is 2.37. The number of hydrogen-bond donors (Lipinski definition) is 1. The highest BCUT2D eigenvalue weighted by molar-refractivity contribution is 5.75. The molecule has 2 aliphatic heterocycles. The molecule has 7 heteroatoms. The lowest BCUT2D eigenvalue weighted by atomic mass is 10.2. The number of amides is 2. The van der Waals surface area contributed by atoms with Crippen LogP contribution >= 0.6 is 0 Å². The zero-order valence-electron chi connectivity index (χ0n) is 10.3. The second-order valence-corrected chi connectivity index (χ2v) is 4.61. The normalized spacial score (nSPS) is 32.2. The Morgan fingerprint density at radius 3 is 2.94 bits per heavy atom. The first-order chi connectivity index (χ1) is 8.63. The summed E-state index contributed by atoms with van der Waals surface area (Å²) in [6.45, 7) is 1.16. The molecule has 2 aliphatic rings. The third kappa shape index (κ3) is 2.72. The van der Waals surface area contributed by atoms with Gasteiger partial charge in [-0.3, -0.25) is 0 Å². The average Bonchev–Trinajstić information content (AvgIpc) is 2.96. The first kappa shape index (κ1) is 13.5. The van der Waals surface area contributed by atoms with Crippen molar-refractivity contribution in [2.24, 2.45) is 0 Å². The molecule has 18 heavy (non-hydrogen) atoms. The van der Waals surface area contributed by atoms with Crippen molar-refractivity contribution >= 4 is 6.03 Å². The molecule has 0 saturated carbocycles. The van der Waals surface area contributed by atoms with E-state index < -0.39 is 18.5 Å². The number of rotatable bonds is 3. The van der Waals surface area contributed by atoms with Crippen molar-refractivity contribution in [3.8, 4) is 0 Å². The Morgan fingerprint density at radius 1 is 1.50 bits per heavy atom. The van der Waals surface area contributed by atoms with Crippen LogP contribution in [0.1, 0.15) is 12.8 Å². The molecular weight excluding hydrogens is 246 g/mol. The lowest BCUT2D eigenvalue weighted by Crippen LogP contribution is -2.52. The predicted octanol–water partition coefficient (Wildman–Crippen LogP) is 0.839. The number of alkyl halides is 2. The van der Waals surface area contributed by atoms with Gasteiger partial charge < -0.3 is 19.7 Å². The zero-order chi connectivity index (χ0) is 13.1. The van der Waals surface area contributed by atoms with Crippen LogP contribution in [0.2, 0.25) is 0 Å². The monoisotopic (exact) mass is 264 g/mol. The molecular formula is C11H18F2N2O3. The van der Waals surface area contributed by atoms with Crippen LogP contribution < -0.4 is 5.32 Å². The molecule has 0 aromatic heterocycles. The maximum atomic E-state index is 12.7. The molecule has 2 fully saturated rings. The maximum absolute atomic E-state index is 12.7. The molecule has 2 amide bonds. The van der Waals surface area contributed by atoms with E-state index in [4.69, 9.17) is 9.47 Å². The molecule has 5 nitrogen and oxygen atoms in total. The molecule has 0 spiro atoms. The van der Waals surface area contributed by atoms with Crippen LogP contribution in [-0.2, 0) is 9.47 Å². The Labute approximate surface area is 104 Å². The van der Waals surface area contributed by atoms with Crippen LogP contribution in [0.15, 0.2) is 0 Å². The van der Waals surface area contributed by atoms with E-state index in [0.717, 1.165) is 0 Å². The van der Waals surface area contributed by atoms with E-state index >= 15 is 0 Å². The summed E-state index contributed by atoms with van der Waals surface area (Å²) >= 11 is 0. The number of nitrogens with zero attached hydrogens (tertiary/aromatic N) is 1. The second-order valence-electron chi connectivity index (χ2n) is 4.61. The summed E-state index contributed by atoms with van der Waals surface area (Å²) in [5, 5.41) is 2.71. The molecule has 0 aromatic carbocycles. The van der Waals surface area contributed by atoms with Crippen LogP contribution in [0.3, 0.4) is 0 Å². The zero-order valence-corrected chi connectivity index (χ0v) is 10.3. The number of carbonyl (C=O) groups is 1. The van der Waals surface area contributed by atoms with Crippen molar-refractivity contribution < 1.29 is 23.0 Å². The third-order valence-corrected chi connectivity index (χ3v) is 3.49. The van der Waals surface area contributed by atoms with Gasteiger partial charge in [-0.05, 0) is 12.8 Å². The van der Waals surface area contributed by atoms with E-state index in [-0.39, 0.29) is 12.1 Å². The first-order valence-electron chi connectivity index (χ1n) is 6.09. The third-order valence-electron chi connectivity index (χ3n) is 3.49. The van der Waals surface area contributed by atoms with Crippen LogP contribution in [0.4, 0.5) is 13.6 Å². The minimum absolute atomic E-state index is 0.207. The topological polar surface area (TPSA) is 50.8 Å². The van der Waals surface area contributed by atoms with Gasteiger partial charge in [-0.25, -0.2) is 13.6 Å². The highest BCUT2D eigenvalue weighted by atomic mass is 19.3. The first-order valence-corrected chi connectivity index (χ1v) is 6.09. The SMILES string of the molecule is CO[C@@H]1COC[C@@H]1NC(=O)N1CCC[C@H]1C(F)F.